The molecule has 82 heavy (non-hydrogen) atoms. The molecule has 7 rings (SSSR count). The Labute approximate surface area is 492 Å². The van der Waals surface area contributed by atoms with Gasteiger partial charge < -0.3 is 109 Å². The fraction of sp³-hybridized carbons (Fsp3) is 0.824. The summed E-state index contributed by atoms with van der Waals surface area (Å²) < 4.78 is 89.9. The highest BCUT2D eigenvalue weighted by atomic mass is 35.5. The molecule has 6 aliphatic rings. The topological polar surface area (TPSA) is 394 Å². The van der Waals surface area contributed by atoms with E-state index in [-0.39, 0.29) is 98.5 Å². The molecule has 0 radical (unpaired) electrons. The van der Waals surface area contributed by atoms with Crippen LogP contribution in [0.1, 0.15) is 69.9 Å². The lowest BCUT2D eigenvalue weighted by molar-refractivity contribution is -0.475. The Morgan fingerprint density at radius 2 is 1.02 bits per heavy atom. The number of alkyl halides is 3. The maximum Gasteiger partial charge on any atom is 0.490 e. The highest BCUT2D eigenvalue weighted by Crippen LogP contribution is 2.44. The van der Waals surface area contributed by atoms with Gasteiger partial charge >= 0.3 is 12.1 Å². The zero-order valence-electron chi connectivity index (χ0n) is 45.0. The van der Waals surface area contributed by atoms with Gasteiger partial charge in [0.25, 0.3) is 5.97 Å². The van der Waals surface area contributed by atoms with Crippen molar-refractivity contribution < 1.29 is 116 Å². The number of ether oxygens (including phenoxy) is 10. The van der Waals surface area contributed by atoms with Gasteiger partial charge in [0, 0.05) is 112 Å². The Kier molecular flexibility index (Phi) is 45.2. The van der Waals surface area contributed by atoms with Crippen LogP contribution in [0.15, 0.2) is 30.3 Å². The van der Waals surface area contributed by atoms with E-state index < -0.39 is 90.1 Å². The first kappa shape index (κ1) is 87.9. The summed E-state index contributed by atoms with van der Waals surface area (Å²) in [6, 6.07) is 12.0. The van der Waals surface area contributed by atoms with Gasteiger partial charge in [-0.1, -0.05) is 60.0 Å². The van der Waals surface area contributed by atoms with Crippen LogP contribution >= 0.6 is 24.2 Å². The van der Waals surface area contributed by atoms with E-state index in [0.717, 1.165) is 12.5 Å². The molecule has 1 aromatic carbocycles. The number of β-amino-alcohol motifs (C(OH)–C–C–N with tert-alkyl or cyclic N) is 2. The third kappa shape index (κ3) is 25.3. The Morgan fingerprint density at radius 3 is 1.38 bits per heavy atom. The van der Waals surface area contributed by atoms with Gasteiger partial charge in [-0.15, -0.1) is 12.4 Å². The average molecular weight is 1250 g/mol. The Balaban J connectivity index is -0.000000309. The van der Waals surface area contributed by atoms with Crippen molar-refractivity contribution >= 4 is 36.1 Å². The van der Waals surface area contributed by atoms with Crippen LogP contribution in [-0.2, 0) is 63.6 Å². The number of piperidine rings is 3. The summed E-state index contributed by atoms with van der Waals surface area (Å²) in [4.78, 5) is 17.9. The number of hydrogen-bond donors (Lipinski definition) is 13. The van der Waals surface area contributed by atoms with Gasteiger partial charge in [0.2, 0.25) is 23.1 Å². The number of halogens is 5. The van der Waals surface area contributed by atoms with Crippen molar-refractivity contribution in [1.29, 1.82) is 5.26 Å². The van der Waals surface area contributed by atoms with E-state index in [1.54, 1.807) is 41.9 Å². The van der Waals surface area contributed by atoms with Gasteiger partial charge in [0.05, 0.1) is 55.7 Å². The lowest BCUT2D eigenvalue weighted by Gasteiger charge is -2.55. The first-order valence-corrected chi connectivity index (χ1v) is 24.5. The molecule has 17 atom stereocenters. The van der Waals surface area contributed by atoms with Crippen LogP contribution in [0.4, 0.5) is 13.2 Å². The minimum Gasteiger partial charge on any atom is -0.481 e. The molecule has 0 bridgehead atoms. The number of fused-ring (bicyclic) bond motifs is 2. The molecule has 31 heteroatoms. The van der Waals surface area contributed by atoms with Crippen molar-refractivity contribution in [2.75, 3.05) is 94.1 Å². The molecule has 6 aliphatic heterocycles. The number of aliphatic carboxylic acids is 2. The second-order valence-electron chi connectivity index (χ2n) is 18.5. The average Bonchev–Trinajstić information content (AvgIpc) is 3.41. The predicted molar refractivity (Wildman–Crippen MR) is 297 cm³/mol. The second-order valence-corrected chi connectivity index (χ2v) is 18.5. The van der Waals surface area contributed by atoms with Crippen molar-refractivity contribution in [3.63, 3.8) is 0 Å². The van der Waals surface area contributed by atoms with Crippen molar-refractivity contribution in [3.05, 3.63) is 35.9 Å². The van der Waals surface area contributed by atoms with Gasteiger partial charge in [0.1, 0.15) is 18.3 Å². The number of nitrogens with two attached hydrogens (primary N) is 1. The number of nitrogens with one attached hydrogen (secondary N) is 3. The second kappa shape index (κ2) is 42.1. The lowest BCUT2D eigenvalue weighted by atomic mass is 9.91. The number of benzene rings is 1. The molecule has 1 aromatic rings. The third-order valence-corrected chi connectivity index (χ3v) is 13.3. The molecule has 14 N–H and O–H groups in total. The fourth-order valence-corrected chi connectivity index (χ4v) is 8.17. The number of nitriles is 1. The van der Waals surface area contributed by atoms with E-state index in [1.165, 1.54) is 14.2 Å². The number of rotatable bonds is 10. The normalized spacial score (nSPS) is 34.9. The molecule has 6 fully saturated rings. The summed E-state index contributed by atoms with van der Waals surface area (Å²) in [6.07, 6.45) is -10.3. The van der Waals surface area contributed by atoms with Crippen LogP contribution < -0.4 is 21.2 Å². The van der Waals surface area contributed by atoms with Gasteiger partial charge in [-0.2, -0.15) is 18.4 Å². The number of methoxy groups -OCH3 is 4. The Morgan fingerprint density at radius 1 is 0.671 bits per heavy atom. The summed E-state index contributed by atoms with van der Waals surface area (Å²) in [5.74, 6) is -8.83. The van der Waals surface area contributed by atoms with Crippen LogP contribution in [0.2, 0.25) is 0 Å². The van der Waals surface area contributed by atoms with Crippen molar-refractivity contribution in [1.82, 2.24) is 16.0 Å². The smallest absolute Gasteiger partial charge is 0.481 e. The number of nitrogens with zero attached hydrogens (tertiary/aromatic N) is 1. The van der Waals surface area contributed by atoms with Crippen molar-refractivity contribution in [2.45, 2.75) is 155 Å². The van der Waals surface area contributed by atoms with Crippen LogP contribution in [0, 0.1) is 35.0 Å². The third-order valence-electron chi connectivity index (χ3n) is 13.3. The summed E-state index contributed by atoms with van der Waals surface area (Å²) in [6.45, 7) is 12.0. The summed E-state index contributed by atoms with van der Waals surface area (Å²) in [5, 5.41) is 100. The maximum atomic E-state index is 10.6. The molecule has 6 heterocycles. The summed E-state index contributed by atoms with van der Waals surface area (Å²) in [7, 11) is 6.17. The van der Waals surface area contributed by atoms with Crippen molar-refractivity contribution in [3.8, 4) is 6.07 Å². The van der Waals surface area contributed by atoms with Gasteiger partial charge in [-0.25, -0.2) is 10.0 Å². The summed E-state index contributed by atoms with van der Waals surface area (Å²) >= 11 is 4.14. The lowest BCUT2D eigenvalue weighted by Crippen LogP contribution is -2.70. The molecule has 6 saturated heterocycles. The zero-order valence-corrected chi connectivity index (χ0v) is 46.6. The predicted octanol–water partition coefficient (Wildman–Crippen LogP) is 1.54. The van der Waals surface area contributed by atoms with Crippen LogP contribution in [0.3, 0.4) is 0 Å². The number of hydrogen-bond acceptors (Lipinski definition) is 24. The number of aliphatic hydroxyl groups excluding tert-OH is 7. The molecule has 26 nitrogen and oxygen atoms in total. The molecular weight excluding hydrogens is 1150 g/mol. The van der Waals surface area contributed by atoms with Crippen LogP contribution in [0.5, 0.6) is 0 Å². The molecule has 0 aromatic heterocycles. The van der Waals surface area contributed by atoms with E-state index in [0.29, 0.717) is 45.9 Å². The molecule has 0 amide bonds. The van der Waals surface area contributed by atoms with E-state index in [2.05, 4.69) is 39.0 Å². The van der Waals surface area contributed by atoms with Crippen molar-refractivity contribution in [2.24, 2.45) is 28.9 Å². The van der Waals surface area contributed by atoms with Crippen LogP contribution in [0.25, 0.3) is 0 Å². The van der Waals surface area contributed by atoms with Gasteiger partial charge in [-0.05, 0) is 45.0 Å². The minimum absolute atomic E-state index is 0. The Bertz CT molecular complexity index is 1860. The highest BCUT2D eigenvalue weighted by Gasteiger charge is 2.62. The number of aliphatic hydroxyl groups is 7. The first-order valence-electron chi connectivity index (χ1n) is 24.1. The molecule has 488 valence electrons. The van der Waals surface area contributed by atoms with E-state index in [4.69, 9.17) is 87.6 Å². The maximum absolute atomic E-state index is 10.6. The highest BCUT2D eigenvalue weighted by molar-refractivity contribution is 6.11. The standard InChI is InChI=1S/C19H25NO6.C12H23NO5.2C6H13NO3.C2HF3O2.C2H4O2.4CH4.ClH2N.ClH/c1-18(21-3)19(2,22-4)26-16-15(25-18)14(10-20)12-24-17(16)23-11-13-8-6-5-7-9-13;1-11(15-3)12(2,16-4)18-10-8(7-14)5-13-6-9(10)17-11;2*8-3-4-1-7-2-5(9)6(4)10;3-2(4,5)1(6)7;1-2(3)4;;;;;1-2;/h5-9,14-17H,11-12H2,1-4H3;8-10,13-14H,5-7H2,1-4H3;2*4-10H,1-3H2;(H,6,7);1H3,(H,3,4);4*1H4;2H2;1H/t14-,15-,16+,17-,18+,19+;8-,9-,10-,11+,12+;2*4-,5-,6-;;;;;;;;/m1111......../s1. The molecule has 0 unspecified atom stereocenters. The van der Waals surface area contributed by atoms with E-state index in [9.17, 15) is 33.8 Å². The monoisotopic (exact) mass is 1240 g/mol. The van der Waals surface area contributed by atoms with Gasteiger partial charge in [-0.3, -0.25) is 4.79 Å². The van der Waals surface area contributed by atoms with Crippen LogP contribution in [-0.4, -0.2) is 236 Å². The largest absolute Gasteiger partial charge is 0.490 e. The molecule has 0 saturated carbocycles. The van der Waals surface area contributed by atoms with E-state index >= 15 is 0 Å². The first-order chi connectivity index (χ1) is 36.1. The molecule has 0 aliphatic carbocycles. The van der Waals surface area contributed by atoms with Gasteiger partial charge in [0.15, 0.2) is 6.29 Å². The number of carboxylic acid groups (broad SMARTS) is 2. The zero-order chi connectivity index (χ0) is 59.0. The molecule has 0 spiro atoms. The minimum atomic E-state index is -5.08. The SMILES string of the molecule is C.C.C.C.CC(=O)O.CO[C@@]1(C)O[C@@H]2[C@@H](CO)CNC[C@H]2O[C@]1(C)OC.CO[C@@]1(C)O[C@@H]2[C@H](OCc3ccccc3)OC[C@@H](C#N)[C@H]2O[C@]1(C)OC.Cl.NCl.O=C(O)C(F)(F)F.OC[C@H]1CNC[C@@H](O)[C@@H]1O.OC[C@H]1CNC[C@@H](O)[C@@H]1O. The van der Waals surface area contributed by atoms with E-state index in [1.807, 2.05) is 30.3 Å². The fourth-order valence-electron chi connectivity index (χ4n) is 8.17. The number of carbonyl (C=O) groups is 2. The summed E-state index contributed by atoms with van der Waals surface area (Å²) in [5.41, 5.74) is 1.02. The number of carboxylic acids is 2. The molecular formula is C51H98Cl2F3N5O21. The Hall–Kier alpha value is -2.82. The quantitative estimate of drug-likeness (QED) is 0.148.